The van der Waals surface area contributed by atoms with Crippen LogP contribution in [0.1, 0.15) is 33.6 Å². The molecule has 0 aliphatic rings. The summed E-state index contributed by atoms with van der Waals surface area (Å²) in [5.74, 6) is 0.890. The number of hydrogen-bond donors (Lipinski definition) is 1. The van der Waals surface area contributed by atoms with Gasteiger partial charge in [0.1, 0.15) is 18.2 Å². The van der Waals surface area contributed by atoms with Gasteiger partial charge < -0.3 is 10.1 Å². The maximum Gasteiger partial charge on any atom is 0.126 e. The van der Waals surface area contributed by atoms with Crippen molar-refractivity contribution in [2.45, 2.75) is 39.7 Å². The summed E-state index contributed by atoms with van der Waals surface area (Å²) in [6.45, 7) is 8.10. The first-order valence-corrected chi connectivity index (χ1v) is 6.79. The van der Waals surface area contributed by atoms with Crippen LogP contribution in [0.4, 0.5) is 4.39 Å². The fraction of sp³-hybridized carbons (Fsp3) is 0.600. The summed E-state index contributed by atoms with van der Waals surface area (Å²) in [6.07, 6.45) is 2.21. The Hall–Kier alpha value is -1.09. The smallest absolute Gasteiger partial charge is 0.126 e. The van der Waals surface area contributed by atoms with Gasteiger partial charge in [-0.05, 0) is 31.0 Å². The van der Waals surface area contributed by atoms with Gasteiger partial charge in [0.05, 0.1) is 0 Å². The summed E-state index contributed by atoms with van der Waals surface area (Å²) in [7, 11) is 0. The predicted molar refractivity (Wildman–Crippen MR) is 73.4 cm³/mol. The van der Waals surface area contributed by atoms with E-state index in [1.807, 2.05) is 0 Å². The Labute approximate surface area is 110 Å². The Morgan fingerprint density at radius 3 is 2.72 bits per heavy atom. The number of halogens is 1. The first kappa shape index (κ1) is 15.0. The highest BCUT2D eigenvalue weighted by atomic mass is 19.1. The molecule has 0 amide bonds. The summed E-state index contributed by atoms with van der Waals surface area (Å²) in [4.78, 5) is 0. The van der Waals surface area contributed by atoms with Gasteiger partial charge in [-0.15, -0.1) is 0 Å². The summed E-state index contributed by atoms with van der Waals surface area (Å²) >= 11 is 0. The number of benzene rings is 1. The third kappa shape index (κ3) is 5.05. The van der Waals surface area contributed by atoms with Crippen LogP contribution in [-0.2, 0) is 0 Å². The van der Waals surface area contributed by atoms with Gasteiger partial charge in [-0.2, -0.15) is 0 Å². The molecule has 0 bridgehead atoms. The van der Waals surface area contributed by atoms with E-state index in [0.717, 1.165) is 19.4 Å². The lowest BCUT2D eigenvalue weighted by molar-refractivity contribution is 0.220. The molecule has 2 unspecified atom stereocenters. The van der Waals surface area contributed by atoms with Crippen LogP contribution < -0.4 is 10.1 Å². The van der Waals surface area contributed by atoms with E-state index < -0.39 is 0 Å². The zero-order chi connectivity index (χ0) is 13.4. The Kier molecular flexibility index (Phi) is 6.73. The first-order chi connectivity index (χ1) is 8.67. The molecular formula is C15H24FNO. The number of nitrogens with one attached hydrogen (secondary N) is 1. The molecule has 2 atom stereocenters. The van der Waals surface area contributed by atoms with Crippen molar-refractivity contribution in [3.63, 3.8) is 0 Å². The number of hydrogen-bond acceptors (Lipinski definition) is 2. The van der Waals surface area contributed by atoms with E-state index in [4.69, 9.17) is 4.74 Å². The lowest BCUT2D eigenvalue weighted by Gasteiger charge is -2.24. The fourth-order valence-corrected chi connectivity index (χ4v) is 1.78. The summed E-state index contributed by atoms with van der Waals surface area (Å²) in [5.41, 5.74) is 0. The van der Waals surface area contributed by atoms with Gasteiger partial charge in [-0.25, -0.2) is 4.39 Å². The van der Waals surface area contributed by atoms with E-state index in [1.165, 1.54) is 12.1 Å². The molecule has 102 valence electrons. The molecule has 0 fully saturated rings. The molecule has 0 saturated heterocycles. The average molecular weight is 253 g/mol. The molecule has 0 aliphatic heterocycles. The van der Waals surface area contributed by atoms with Crippen molar-refractivity contribution in [1.82, 2.24) is 5.32 Å². The average Bonchev–Trinajstić information content (AvgIpc) is 2.38. The molecule has 2 nitrogen and oxygen atoms in total. The molecule has 1 aromatic carbocycles. The molecule has 3 heteroatoms. The van der Waals surface area contributed by atoms with Crippen LogP contribution in [0.15, 0.2) is 24.3 Å². The lowest BCUT2D eigenvalue weighted by atomic mass is 10.00. The fourth-order valence-electron chi connectivity index (χ4n) is 1.78. The zero-order valence-electron chi connectivity index (χ0n) is 11.6. The second kappa shape index (κ2) is 8.09. The highest BCUT2D eigenvalue weighted by molar-refractivity contribution is 5.22. The molecular weight excluding hydrogens is 229 g/mol. The molecule has 0 aliphatic carbocycles. The van der Waals surface area contributed by atoms with Gasteiger partial charge in [0.2, 0.25) is 0 Å². The molecule has 1 aromatic rings. The van der Waals surface area contributed by atoms with Crippen molar-refractivity contribution < 1.29 is 9.13 Å². The van der Waals surface area contributed by atoms with Crippen molar-refractivity contribution in [2.75, 3.05) is 13.2 Å². The Balaban J connectivity index is 2.50. The van der Waals surface area contributed by atoms with E-state index in [2.05, 4.69) is 26.1 Å². The van der Waals surface area contributed by atoms with E-state index in [1.54, 1.807) is 12.1 Å². The Morgan fingerprint density at radius 1 is 1.33 bits per heavy atom. The molecule has 0 aromatic heterocycles. The van der Waals surface area contributed by atoms with Crippen LogP contribution >= 0.6 is 0 Å². The van der Waals surface area contributed by atoms with Crippen molar-refractivity contribution in [2.24, 2.45) is 5.92 Å². The van der Waals surface area contributed by atoms with E-state index in [-0.39, 0.29) is 5.82 Å². The molecule has 0 spiro atoms. The summed E-state index contributed by atoms with van der Waals surface area (Å²) in [5, 5.41) is 3.49. The molecule has 1 rings (SSSR count). The van der Waals surface area contributed by atoms with Gasteiger partial charge in [-0.1, -0.05) is 33.3 Å². The minimum absolute atomic E-state index is 0.255. The van der Waals surface area contributed by atoms with Gasteiger partial charge >= 0.3 is 0 Å². The van der Waals surface area contributed by atoms with Crippen LogP contribution in [0.2, 0.25) is 0 Å². The van der Waals surface area contributed by atoms with Crippen molar-refractivity contribution in [3.05, 3.63) is 30.1 Å². The van der Waals surface area contributed by atoms with Gasteiger partial charge in [0.15, 0.2) is 0 Å². The van der Waals surface area contributed by atoms with Crippen LogP contribution in [0.5, 0.6) is 5.75 Å². The minimum Gasteiger partial charge on any atom is -0.492 e. The maximum absolute atomic E-state index is 13.0. The van der Waals surface area contributed by atoms with Gasteiger partial charge in [0, 0.05) is 12.1 Å². The van der Waals surface area contributed by atoms with Crippen LogP contribution in [0.3, 0.4) is 0 Å². The van der Waals surface area contributed by atoms with Gasteiger partial charge in [0.25, 0.3) is 0 Å². The van der Waals surface area contributed by atoms with E-state index in [9.17, 15) is 4.39 Å². The third-order valence-corrected chi connectivity index (χ3v) is 3.21. The number of ether oxygens (including phenoxy) is 1. The minimum atomic E-state index is -0.255. The maximum atomic E-state index is 13.0. The van der Waals surface area contributed by atoms with Crippen molar-refractivity contribution >= 4 is 0 Å². The predicted octanol–water partition coefficient (Wildman–Crippen LogP) is 3.62. The van der Waals surface area contributed by atoms with Crippen molar-refractivity contribution in [1.29, 1.82) is 0 Å². The van der Waals surface area contributed by atoms with E-state index in [0.29, 0.717) is 24.3 Å². The second-order valence-corrected chi connectivity index (χ2v) is 4.71. The summed E-state index contributed by atoms with van der Waals surface area (Å²) < 4.78 is 18.7. The van der Waals surface area contributed by atoms with Gasteiger partial charge in [-0.3, -0.25) is 0 Å². The Morgan fingerprint density at radius 2 is 2.11 bits per heavy atom. The lowest BCUT2D eigenvalue weighted by Crippen LogP contribution is -2.40. The van der Waals surface area contributed by atoms with Crippen LogP contribution in [0, 0.1) is 11.7 Å². The molecule has 0 radical (unpaired) electrons. The molecule has 0 saturated carbocycles. The van der Waals surface area contributed by atoms with Crippen LogP contribution in [0.25, 0.3) is 0 Å². The first-order valence-electron chi connectivity index (χ1n) is 6.79. The molecule has 18 heavy (non-hydrogen) atoms. The third-order valence-electron chi connectivity index (χ3n) is 3.21. The largest absolute Gasteiger partial charge is 0.492 e. The van der Waals surface area contributed by atoms with Crippen molar-refractivity contribution in [3.8, 4) is 5.75 Å². The topological polar surface area (TPSA) is 21.3 Å². The second-order valence-electron chi connectivity index (χ2n) is 4.71. The quantitative estimate of drug-likeness (QED) is 0.764. The highest BCUT2D eigenvalue weighted by Gasteiger charge is 2.15. The normalized spacial score (nSPS) is 14.2. The summed E-state index contributed by atoms with van der Waals surface area (Å²) in [6, 6.07) is 6.62. The standard InChI is InChI=1S/C15H24FNO/c1-4-9-17-15(12(3)5-2)11-18-14-8-6-7-13(16)10-14/h6-8,10,12,15,17H,4-5,9,11H2,1-3H3. The SMILES string of the molecule is CCCNC(COc1cccc(F)c1)C(C)CC. The Bertz CT molecular complexity index is 343. The highest BCUT2D eigenvalue weighted by Crippen LogP contribution is 2.14. The molecule has 0 heterocycles. The number of rotatable bonds is 8. The molecule has 1 N–H and O–H groups in total. The monoisotopic (exact) mass is 253 g/mol. The van der Waals surface area contributed by atoms with E-state index >= 15 is 0 Å². The zero-order valence-corrected chi connectivity index (χ0v) is 11.6. The van der Waals surface area contributed by atoms with Crippen LogP contribution in [-0.4, -0.2) is 19.2 Å².